The molecule has 0 spiro atoms. The zero-order chi connectivity index (χ0) is 97.4. The monoisotopic (exact) mass is 1910 g/mol. The smallest absolute Gasteiger partial charge is 0.145 e. The first kappa shape index (κ1) is 85.5. The number of benzene rings is 22. The van der Waals surface area contributed by atoms with E-state index in [2.05, 4.69) is 564 Å². The fourth-order valence-corrected chi connectivity index (χ4v) is 25.3. The van der Waals surface area contributed by atoms with Gasteiger partial charge in [-0.1, -0.05) is 352 Å². The van der Waals surface area contributed by atoms with Crippen molar-refractivity contribution in [3.63, 3.8) is 0 Å². The van der Waals surface area contributed by atoms with Crippen molar-refractivity contribution in [2.24, 2.45) is 0 Å². The van der Waals surface area contributed by atoms with Crippen LogP contribution in [0.25, 0.3) is 256 Å². The van der Waals surface area contributed by atoms with E-state index >= 15 is 0 Å². The molecule has 1 atom stereocenters. The highest BCUT2D eigenvalue weighted by Crippen LogP contribution is 2.50. The molecule has 10 aromatic heterocycles. The van der Waals surface area contributed by atoms with Gasteiger partial charge in [0.15, 0.2) is 0 Å². The molecule has 0 bridgehead atoms. The zero-order valence-electron chi connectivity index (χ0n) is 80.6. The first-order valence-corrected chi connectivity index (χ1v) is 51.6. The van der Waals surface area contributed by atoms with Crippen LogP contribution in [0.15, 0.2) is 544 Å². The van der Waals surface area contributed by atoms with Gasteiger partial charge in [-0.05, 0) is 194 Å². The Morgan fingerprint density at radius 1 is 0.189 bits per heavy atom. The molecule has 148 heavy (non-hydrogen) atoms. The number of nitrogens with zero attached hydrogens (tertiary/aromatic N) is 8. The molecule has 10 heteroatoms. The van der Waals surface area contributed by atoms with Crippen LogP contribution in [0.5, 0.6) is 0 Å². The van der Waals surface area contributed by atoms with E-state index < -0.39 is 0 Å². The Labute approximate surface area is 854 Å². The van der Waals surface area contributed by atoms with Crippen LogP contribution in [-0.2, 0) is 0 Å². The van der Waals surface area contributed by atoms with E-state index in [1.165, 1.54) is 240 Å². The normalized spacial score (nSPS) is 12.7. The van der Waals surface area contributed by atoms with E-state index in [0.717, 1.165) is 23.3 Å². The van der Waals surface area contributed by atoms with Crippen molar-refractivity contribution in [2.45, 2.75) is 12.5 Å². The number of para-hydroxylation sites is 16. The molecule has 1 unspecified atom stereocenters. The molecule has 0 radical (unpaired) electrons. The van der Waals surface area contributed by atoms with Gasteiger partial charge >= 0.3 is 0 Å². The minimum Gasteiger partial charge on any atom is -0.455 e. The summed E-state index contributed by atoms with van der Waals surface area (Å²) in [7, 11) is 0. The number of furan rings is 1. The van der Waals surface area contributed by atoms with Crippen molar-refractivity contribution in [2.75, 3.05) is 0 Å². The van der Waals surface area contributed by atoms with Gasteiger partial charge in [-0.2, -0.15) is 0 Å². The molecule has 0 amide bonds. The van der Waals surface area contributed by atoms with Crippen LogP contribution in [0.4, 0.5) is 0 Å². The van der Waals surface area contributed by atoms with Crippen LogP contribution >= 0.6 is 11.3 Å². The number of fused-ring (bicyclic) bond motifs is 34. The second-order valence-electron chi connectivity index (χ2n) is 38.3. The fraction of sp³-hybridized carbons (Fsp3) is 0.0145. The Balaban J connectivity index is 0.0000000875. The molecule has 696 valence electrons. The van der Waals surface area contributed by atoms with E-state index in [1.54, 1.807) is 0 Å². The van der Waals surface area contributed by atoms with Crippen LogP contribution in [0.1, 0.15) is 12.5 Å². The highest BCUT2D eigenvalue weighted by molar-refractivity contribution is 7.26. The minimum atomic E-state index is 0.335. The van der Waals surface area contributed by atoms with Gasteiger partial charge < -0.3 is 41.0 Å². The fourth-order valence-electron chi connectivity index (χ4n) is 24.0. The van der Waals surface area contributed by atoms with Gasteiger partial charge in [0.05, 0.1) is 94.2 Å². The van der Waals surface area contributed by atoms with E-state index in [4.69, 9.17) is 4.42 Å². The summed E-state index contributed by atoms with van der Waals surface area (Å²) in [6, 6.07) is 185. The maximum atomic E-state index is 6.31. The first-order valence-electron chi connectivity index (χ1n) is 50.8. The topological polar surface area (TPSA) is 52.6 Å². The van der Waals surface area contributed by atoms with Crippen molar-refractivity contribution < 1.29 is 4.42 Å². The van der Waals surface area contributed by atoms with Gasteiger partial charge in [0.1, 0.15) is 11.2 Å². The Morgan fingerprint density at radius 3 is 0.926 bits per heavy atom. The summed E-state index contributed by atoms with van der Waals surface area (Å²) >= 11 is 1.90. The van der Waals surface area contributed by atoms with E-state index in [1.807, 2.05) is 23.5 Å². The predicted octanol–water partition coefficient (Wildman–Crippen LogP) is 37.5. The van der Waals surface area contributed by atoms with Crippen molar-refractivity contribution in [1.29, 1.82) is 0 Å². The second-order valence-corrected chi connectivity index (χ2v) is 39.3. The molecule has 32 aromatic rings. The van der Waals surface area contributed by atoms with Gasteiger partial charge in [-0.15, -0.1) is 11.3 Å². The lowest BCUT2D eigenvalue weighted by Gasteiger charge is -2.18. The predicted molar refractivity (Wildman–Crippen MR) is 628 cm³/mol. The zero-order valence-corrected chi connectivity index (χ0v) is 81.4. The van der Waals surface area contributed by atoms with Crippen LogP contribution in [0.2, 0.25) is 0 Å². The van der Waals surface area contributed by atoms with Gasteiger partial charge in [-0.3, -0.25) is 0 Å². The number of thiophene rings is 1. The number of aromatic nitrogens is 8. The van der Waals surface area contributed by atoms with Crippen molar-refractivity contribution in [3.8, 4) is 39.8 Å². The molecule has 0 aliphatic heterocycles. The summed E-state index contributed by atoms with van der Waals surface area (Å²) < 4.78 is 28.3. The summed E-state index contributed by atoms with van der Waals surface area (Å²) in [6.45, 7) is 0. The van der Waals surface area contributed by atoms with Crippen LogP contribution in [0, 0.1) is 0 Å². The van der Waals surface area contributed by atoms with Crippen LogP contribution in [-0.4, -0.2) is 36.5 Å². The maximum Gasteiger partial charge on any atom is 0.145 e. The van der Waals surface area contributed by atoms with Crippen LogP contribution in [0.3, 0.4) is 0 Å². The average Bonchev–Trinajstić information content (AvgIpc) is 1.65. The molecule has 0 saturated heterocycles. The molecule has 0 saturated carbocycles. The largest absolute Gasteiger partial charge is 0.455 e. The molecule has 10 heterocycles. The third-order valence-corrected chi connectivity index (χ3v) is 31.4. The summed E-state index contributed by atoms with van der Waals surface area (Å²) in [5, 5.41) is 25.7. The molecule has 1 aliphatic rings. The molecule has 0 fully saturated rings. The lowest BCUT2D eigenvalue weighted by atomic mass is 10.1. The van der Waals surface area contributed by atoms with Crippen molar-refractivity contribution in [3.05, 3.63) is 540 Å². The quantitative estimate of drug-likeness (QED) is 0.150. The van der Waals surface area contributed by atoms with Crippen molar-refractivity contribution >= 4 is 228 Å². The first-order chi connectivity index (χ1) is 73.6. The summed E-state index contributed by atoms with van der Waals surface area (Å²) in [6.07, 6.45) is 9.94. The van der Waals surface area contributed by atoms with Crippen LogP contribution < -0.4 is 0 Å². The van der Waals surface area contributed by atoms with E-state index in [-0.39, 0.29) is 0 Å². The Hall–Kier alpha value is -19.3. The molecular weight excluding hydrogens is 1820 g/mol. The molecule has 9 nitrogen and oxygen atoms in total. The molecular formula is C138H92N8OS. The number of rotatable bonds is 8. The average molecular weight is 1910 g/mol. The number of allylic oxidation sites excluding steroid dienone is 4. The number of hydrogen-bond donors (Lipinski definition) is 0. The Morgan fingerprint density at radius 2 is 0.486 bits per heavy atom. The molecule has 1 aliphatic carbocycles. The van der Waals surface area contributed by atoms with Crippen molar-refractivity contribution in [1.82, 2.24) is 36.5 Å². The van der Waals surface area contributed by atoms with E-state index in [0.29, 0.717) is 6.04 Å². The van der Waals surface area contributed by atoms with Gasteiger partial charge in [0, 0.05) is 157 Å². The standard InChI is InChI=1S/2C30H20N2.C30H22N2.C24H15NO.C24H15NS/c1-3-11-21(12-4-1)31-27-17-9-7-15-23(27)25-19-26-24-16-8-10-18-28(24)32(30(26)20-29(25)31)22-13-5-2-6-14-22;1-3-11-21(12-4-1)31-27-17-9-7-15-23(27)25-19-20-26-24-16-8-10-18-28(24)32(30(26)29(25)31)22-13-5-2-6-14-22;1-3-11-21(12-4-1)31-25-17-9-7-15-23(25)29-27(31)19-20-28-30(29)24-16-8-10-18-26(24)32(28)22-13-5-2-6-14-22;2*1-2-8-16(9-3-1)25-20-12-6-4-11-19(20)23-21(25)15-14-18-17-10-5-7-13-22(17)26-24(18)23/h2*1-20H;1-13,15-20,22H,14H2;2*1-15H. The highest BCUT2D eigenvalue weighted by atomic mass is 32.1. The minimum absolute atomic E-state index is 0.335. The number of hydrogen-bond acceptors (Lipinski definition) is 2. The lowest BCUT2D eigenvalue weighted by Crippen LogP contribution is -2.06. The third-order valence-electron chi connectivity index (χ3n) is 30.2. The molecule has 33 rings (SSSR count). The second kappa shape index (κ2) is 35.4. The maximum absolute atomic E-state index is 6.31. The summed E-state index contributed by atoms with van der Waals surface area (Å²) in [5.74, 6) is 0. The third kappa shape index (κ3) is 13.7. The van der Waals surface area contributed by atoms with E-state index in [9.17, 15) is 0 Å². The summed E-state index contributed by atoms with van der Waals surface area (Å²) in [5.41, 5.74) is 30.1. The highest BCUT2D eigenvalue weighted by Gasteiger charge is 2.28. The summed E-state index contributed by atoms with van der Waals surface area (Å²) in [4.78, 5) is 0. The Bertz CT molecular complexity index is 10400. The lowest BCUT2D eigenvalue weighted by molar-refractivity contribution is 0.648. The Kier molecular flexibility index (Phi) is 20.5. The van der Waals surface area contributed by atoms with Gasteiger partial charge in [0.25, 0.3) is 0 Å². The molecule has 0 N–H and O–H groups in total. The SMILES string of the molecule is C1=CCC(n2c3ccccc3c3c4c5ccccc5n(-c5ccccc5)c4ccc32)C=C1.c1ccc(-n2c3ccccc3c3c4oc5ccccc5c4ccc32)cc1.c1ccc(-n2c3ccccc3c3c4sc5ccccc5c4ccc32)cc1.c1ccc(-n2c3ccccc3c3cc4c5ccccc5n(-c5ccccc5)c4cc32)cc1.c1ccc(-n2c3ccccc3c3ccc4c5ccccc5n(-c5ccccc5)c4c32)cc1. The molecule has 22 aromatic carbocycles. The van der Waals surface area contributed by atoms with Gasteiger partial charge in [0.2, 0.25) is 0 Å². The van der Waals surface area contributed by atoms with Gasteiger partial charge in [-0.25, -0.2) is 0 Å².